The summed E-state index contributed by atoms with van der Waals surface area (Å²) in [6.45, 7) is 10.3. The summed E-state index contributed by atoms with van der Waals surface area (Å²) in [5.74, 6) is -1.54. The molecule has 1 unspecified atom stereocenters. The monoisotopic (exact) mass is 356 g/mol. The van der Waals surface area contributed by atoms with Crippen LogP contribution in [0.2, 0.25) is 0 Å². The van der Waals surface area contributed by atoms with Crippen molar-refractivity contribution in [3.05, 3.63) is 0 Å². The zero-order valence-corrected chi connectivity index (χ0v) is 17.2. The maximum absolute atomic E-state index is 12.3. The average molecular weight is 357 g/mol. The first-order chi connectivity index (χ1) is 12.0. The van der Waals surface area contributed by atoms with E-state index in [-0.39, 0.29) is 17.9 Å². The predicted molar refractivity (Wildman–Crippen MR) is 102 cm³/mol. The van der Waals surface area contributed by atoms with Crippen molar-refractivity contribution in [1.29, 1.82) is 0 Å². The third-order valence-electron chi connectivity index (χ3n) is 4.79. The number of carbonyl (C=O) groups is 2. The van der Waals surface area contributed by atoms with Crippen molar-refractivity contribution in [2.45, 2.75) is 117 Å². The van der Waals surface area contributed by atoms with E-state index in [9.17, 15) is 9.59 Å². The van der Waals surface area contributed by atoms with Crippen LogP contribution in [0.1, 0.15) is 112 Å². The van der Waals surface area contributed by atoms with Crippen molar-refractivity contribution >= 4 is 11.9 Å². The van der Waals surface area contributed by atoms with Crippen LogP contribution in [0.25, 0.3) is 0 Å². The number of rotatable bonds is 15. The Hall–Kier alpha value is -1.06. The van der Waals surface area contributed by atoms with Crippen molar-refractivity contribution in [3.8, 4) is 0 Å². The van der Waals surface area contributed by atoms with Gasteiger partial charge in [0.25, 0.3) is 5.79 Å². The van der Waals surface area contributed by atoms with Gasteiger partial charge in [-0.05, 0) is 25.7 Å². The fraction of sp³-hybridized carbons (Fsp3) is 0.905. The van der Waals surface area contributed by atoms with Crippen molar-refractivity contribution in [2.24, 2.45) is 5.92 Å². The number of carbonyl (C=O) groups excluding carboxylic acids is 2. The van der Waals surface area contributed by atoms with Crippen molar-refractivity contribution in [3.63, 3.8) is 0 Å². The molecule has 148 valence electrons. The molecule has 4 heteroatoms. The predicted octanol–water partition coefficient (Wildman–Crippen LogP) is 6.17. The van der Waals surface area contributed by atoms with Crippen LogP contribution in [-0.4, -0.2) is 17.7 Å². The Morgan fingerprint density at radius 3 is 1.56 bits per heavy atom. The molecule has 0 radical (unpaired) electrons. The first kappa shape index (κ1) is 23.9. The molecular formula is C21H40O4. The van der Waals surface area contributed by atoms with Gasteiger partial charge < -0.3 is 9.47 Å². The van der Waals surface area contributed by atoms with E-state index in [1.165, 1.54) is 0 Å². The second-order valence-corrected chi connectivity index (χ2v) is 6.92. The maximum Gasteiger partial charge on any atom is 0.309 e. The molecule has 0 rings (SSSR count). The minimum Gasteiger partial charge on any atom is -0.422 e. The van der Waals surface area contributed by atoms with Gasteiger partial charge in [0.05, 0.1) is 0 Å². The van der Waals surface area contributed by atoms with E-state index in [1.807, 2.05) is 6.92 Å². The standard InChI is InChI=1S/C21H40O4/c1-6-11-13-16-19(22)24-21(10-5,18(9-4)15-8-3)25-20(23)17-14-12-7-2/h18H,6-17H2,1-5H3. The summed E-state index contributed by atoms with van der Waals surface area (Å²) in [6, 6.07) is 0. The minimum atomic E-state index is -1.10. The highest BCUT2D eigenvalue weighted by molar-refractivity contribution is 5.72. The second kappa shape index (κ2) is 14.1. The summed E-state index contributed by atoms with van der Waals surface area (Å²) >= 11 is 0. The first-order valence-electron chi connectivity index (χ1n) is 10.4. The van der Waals surface area contributed by atoms with Gasteiger partial charge in [0.2, 0.25) is 0 Å². The van der Waals surface area contributed by atoms with Gasteiger partial charge >= 0.3 is 11.9 Å². The van der Waals surface area contributed by atoms with Gasteiger partial charge in [0.1, 0.15) is 0 Å². The zero-order chi connectivity index (χ0) is 19.1. The molecule has 0 fully saturated rings. The summed E-state index contributed by atoms with van der Waals surface area (Å²) in [4.78, 5) is 24.7. The van der Waals surface area contributed by atoms with E-state index in [2.05, 4.69) is 27.7 Å². The minimum absolute atomic E-state index is 0.0488. The molecule has 0 aliphatic heterocycles. The van der Waals surface area contributed by atoms with Crippen LogP contribution in [0.5, 0.6) is 0 Å². The molecule has 1 atom stereocenters. The van der Waals surface area contributed by atoms with E-state index in [4.69, 9.17) is 9.47 Å². The lowest BCUT2D eigenvalue weighted by atomic mass is 9.88. The molecule has 0 aromatic heterocycles. The molecule has 0 aliphatic rings. The van der Waals surface area contributed by atoms with Gasteiger partial charge in [0.15, 0.2) is 0 Å². The van der Waals surface area contributed by atoms with Gasteiger partial charge in [-0.1, -0.05) is 66.7 Å². The summed E-state index contributed by atoms with van der Waals surface area (Å²) in [5, 5.41) is 0. The van der Waals surface area contributed by atoms with Gasteiger partial charge in [-0.2, -0.15) is 0 Å². The Bertz CT molecular complexity index is 341. The zero-order valence-electron chi connectivity index (χ0n) is 17.2. The summed E-state index contributed by atoms with van der Waals surface area (Å²) in [5.41, 5.74) is 0. The highest BCUT2D eigenvalue weighted by Crippen LogP contribution is 2.35. The van der Waals surface area contributed by atoms with E-state index >= 15 is 0 Å². The summed E-state index contributed by atoms with van der Waals surface area (Å²) < 4.78 is 11.7. The quantitative estimate of drug-likeness (QED) is 0.200. The molecule has 0 saturated heterocycles. The molecule has 0 saturated carbocycles. The SMILES string of the molecule is CCCCCC(=O)OC(CC)(OC(=O)CCCCC)C(CC)CCC. The van der Waals surface area contributed by atoms with Crippen LogP contribution in [-0.2, 0) is 19.1 Å². The fourth-order valence-corrected chi connectivity index (χ4v) is 3.23. The Labute approximate surface area is 155 Å². The molecule has 0 N–H and O–H groups in total. The molecule has 0 aliphatic carbocycles. The van der Waals surface area contributed by atoms with E-state index in [0.717, 1.165) is 57.8 Å². The molecular weight excluding hydrogens is 316 g/mol. The smallest absolute Gasteiger partial charge is 0.309 e. The van der Waals surface area contributed by atoms with Gasteiger partial charge in [-0.25, -0.2) is 0 Å². The molecule has 0 amide bonds. The average Bonchev–Trinajstić information content (AvgIpc) is 2.59. The third-order valence-corrected chi connectivity index (χ3v) is 4.79. The molecule has 25 heavy (non-hydrogen) atoms. The molecule has 0 aromatic rings. The first-order valence-corrected chi connectivity index (χ1v) is 10.4. The summed E-state index contributed by atoms with van der Waals surface area (Å²) in [7, 11) is 0. The van der Waals surface area contributed by atoms with E-state index < -0.39 is 5.79 Å². The van der Waals surface area contributed by atoms with Crippen LogP contribution in [0.4, 0.5) is 0 Å². The number of hydrogen-bond acceptors (Lipinski definition) is 4. The van der Waals surface area contributed by atoms with Crippen molar-refractivity contribution < 1.29 is 19.1 Å². The lowest BCUT2D eigenvalue weighted by molar-refractivity contribution is -0.251. The number of ether oxygens (including phenoxy) is 2. The van der Waals surface area contributed by atoms with E-state index in [1.54, 1.807) is 0 Å². The van der Waals surface area contributed by atoms with Gasteiger partial charge in [0, 0.05) is 25.2 Å². The highest BCUT2D eigenvalue weighted by atomic mass is 16.7. The van der Waals surface area contributed by atoms with Gasteiger partial charge in [-0.15, -0.1) is 0 Å². The summed E-state index contributed by atoms with van der Waals surface area (Å²) in [6.07, 6.45) is 9.77. The van der Waals surface area contributed by atoms with Crippen LogP contribution in [0, 0.1) is 5.92 Å². The van der Waals surface area contributed by atoms with Crippen molar-refractivity contribution in [2.75, 3.05) is 0 Å². The fourth-order valence-electron chi connectivity index (χ4n) is 3.23. The Morgan fingerprint density at radius 1 is 0.760 bits per heavy atom. The van der Waals surface area contributed by atoms with Crippen LogP contribution in [0.3, 0.4) is 0 Å². The largest absolute Gasteiger partial charge is 0.422 e. The number of hydrogen-bond donors (Lipinski definition) is 0. The Balaban J connectivity index is 5.10. The van der Waals surface area contributed by atoms with Crippen LogP contribution >= 0.6 is 0 Å². The van der Waals surface area contributed by atoms with E-state index in [0.29, 0.717) is 19.3 Å². The lowest BCUT2D eigenvalue weighted by Gasteiger charge is -2.38. The lowest BCUT2D eigenvalue weighted by Crippen LogP contribution is -2.46. The van der Waals surface area contributed by atoms with Crippen LogP contribution < -0.4 is 0 Å². The Kier molecular flexibility index (Phi) is 13.5. The maximum atomic E-state index is 12.3. The number of unbranched alkanes of at least 4 members (excludes halogenated alkanes) is 4. The normalized spacial score (nSPS) is 12.7. The highest BCUT2D eigenvalue weighted by Gasteiger charge is 2.43. The molecule has 0 bridgehead atoms. The van der Waals surface area contributed by atoms with Gasteiger partial charge in [-0.3, -0.25) is 9.59 Å². The number of esters is 2. The van der Waals surface area contributed by atoms with Crippen LogP contribution in [0.15, 0.2) is 0 Å². The third kappa shape index (κ3) is 9.27. The molecule has 0 heterocycles. The molecule has 0 aromatic carbocycles. The molecule has 0 spiro atoms. The van der Waals surface area contributed by atoms with Crippen molar-refractivity contribution in [1.82, 2.24) is 0 Å². The second-order valence-electron chi connectivity index (χ2n) is 6.92. The molecule has 4 nitrogen and oxygen atoms in total. The Morgan fingerprint density at radius 2 is 1.24 bits per heavy atom. The topological polar surface area (TPSA) is 52.6 Å².